The maximum atomic E-state index is 11.2. The monoisotopic (exact) mass is 234 g/mol. The number of hydrogen-bond acceptors (Lipinski definition) is 3. The molecule has 0 bridgehead atoms. The molecule has 17 heavy (non-hydrogen) atoms. The van der Waals surface area contributed by atoms with Gasteiger partial charge in [-0.1, -0.05) is 19.1 Å². The molecule has 0 aliphatic rings. The van der Waals surface area contributed by atoms with Crippen molar-refractivity contribution in [2.75, 3.05) is 13.2 Å². The summed E-state index contributed by atoms with van der Waals surface area (Å²) in [6.45, 7) is 4.99. The van der Waals surface area contributed by atoms with E-state index in [1.807, 2.05) is 38.1 Å². The van der Waals surface area contributed by atoms with Crippen molar-refractivity contribution in [3.63, 3.8) is 0 Å². The van der Waals surface area contributed by atoms with Crippen LogP contribution in [0, 0.1) is 0 Å². The van der Waals surface area contributed by atoms with Gasteiger partial charge in [0.15, 0.2) is 0 Å². The van der Waals surface area contributed by atoms with Crippen molar-refractivity contribution in [2.45, 2.75) is 20.3 Å². The largest absolute Gasteiger partial charge is 0.494 e. The summed E-state index contributed by atoms with van der Waals surface area (Å²) >= 11 is 0. The van der Waals surface area contributed by atoms with E-state index in [-0.39, 0.29) is 5.97 Å². The third-order valence-electron chi connectivity index (χ3n) is 2.03. The Bertz CT molecular complexity index is 383. The van der Waals surface area contributed by atoms with Crippen LogP contribution >= 0.6 is 0 Å². The van der Waals surface area contributed by atoms with Crippen LogP contribution in [0.3, 0.4) is 0 Å². The number of carbonyl (C=O) groups is 1. The Morgan fingerprint density at radius 3 is 2.88 bits per heavy atom. The van der Waals surface area contributed by atoms with E-state index in [0.717, 1.165) is 17.7 Å². The highest BCUT2D eigenvalue weighted by Gasteiger charge is 1.96. The minimum Gasteiger partial charge on any atom is -0.494 e. The molecule has 0 saturated heterocycles. The molecule has 0 aliphatic carbocycles. The first kappa shape index (κ1) is 13.3. The minimum absolute atomic E-state index is 0.311. The van der Waals surface area contributed by atoms with Gasteiger partial charge in [0.05, 0.1) is 13.2 Å². The Morgan fingerprint density at radius 2 is 2.18 bits per heavy atom. The van der Waals surface area contributed by atoms with Gasteiger partial charge < -0.3 is 9.47 Å². The van der Waals surface area contributed by atoms with Gasteiger partial charge in [-0.05, 0) is 37.1 Å². The topological polar surface area (TPSA) is 35.5 Å². The van der Waals surface area contributed by atoms with Crippen LogP contribution in [0.2, 0.25) is 0 Å². The Labute approximate surface area is 102 Å². The van der Waals surface area contributed by atoms with Crippen molar-refractivity contribution in [2.24, 2.45) is 0 Å². The van der Waals surface area contributed by atoms with Gasteiger partial charge in [-0.25, -0.2) is 4.79 Å². The molecule has 0 aromatic heterocycles. The molecule has 0 aliphatic heterocycles. The molecule has 92 valence electrons. The molecule has 1 aromatic rings. The van der Waals surface area contributed by atoms with Gasteiger partial charge in [-0.15, -0.1) is 0 Å². The molecule has 0 fully saturated rings. The van der Waals surface area contributed by atoms with Crippen LogP contribution in [0.15, 0.2) is 30.3 Å². The average molecular weight is 234 g/mol. The zero-order valence-electron chi connectivity index (χ0n) is 10.3. The number of benzene rings is 1. The van der Waals surface area contributed by atoms with E-state index >= 15 is 0 Å². The summed E-state index contributed by atoms with van der Waals surface area (Å²) in [6, 6.07) is 7.57. The Kier molecular flexibility index (Phi) is 5.86. The second kappa shape index (κ2) is 7.49. The summed E-state index contributed by atoms with van der Waals surface area (Å²) in [5, 5.41) is 0. The maximum absolute atomic E-state index is 11.2. The summed E-state index contributed by atoms with van der Waals surface area (Å²) in [6.07, 6.45) is 3.99. The van der Waals surface area contributed by atoms with Gasteiger partial charge >= 0.3 is 5.97 Å². The van der Waals surface area contributed by atoms with E-state index < -0.39 is 0 Å². The first-order valence-corrected chi connectivity index (χ1v) is 5.84. The van der Waals surface area contributed by atoms with Crippen molar-refractivity contribution >= 4 is 12.0 Å². The SMILES string of the molecule is CCCOC(=O)/C=C/c1cccc(OCC)c1. The number of ether oxygens (including phenoxy) is 2. The van der Waals surface area contributed by atoms with Crippen LogP contribution in [-0.2, 0) is 9.53 Å². The summed E-state index contributed by atoms with van der Waals surface area (Å²) in [4.78, 5) is 11.2. The molecule has 3 heteroatoms. The lowest BCUT2D eigenvalue weighted by molar-refractivity contribution is -0.137. The van der Waals surface area contributed by atoms with Crippen LogP contribution in [0.1, 0.15) is 25.8 Å². The van der Waals surface area contributed by atoms with Crippen LogP contribution in [0.4, 0.5) is 0 Å². The lowest BCUT2D eigenvalue weighted by Gasteiger charge is -2.03. The van der Waals surface area contributed by atoms with Crippen molar-refractivity contribution in [3.8, 4) is 5.75 Å². The molecular formula is C14H18O3. The molecule has 0 atom stereocenters. The first-order chi connectivity index (χ1) is 8.26. The highest BCUT2D eigenvalue weighted by molar-refractivity contribution is 5.87. The number of rotatable bonds is 6. The van der Waals surface area contributed by atoms with E-state index in [0.29, 0.717) is 13.2 Å². The fourth-order valence-corrected chi connectivity index (χ4v) is 1.29. The lowest BCUT2D eigenvalue weighted by atomic mass is 10.2. The lowest BCUT2D eigenvalue weighted by Crippen LogP contribution is -2.00. The summed E-state index contributed by atoms with van der Waals surface area (Å²) in [5.74, 6) is 0.491. The molecule has 1 rings (SSSR count). The second-order valence-corrected chi connectivity index (χ2v) is 3.51. The van der Waals surface area contributed by atoms with E-state index in [9.17, 15) is 4.79 Å². The second-order valence-electron chi connectivity index (χ2n) is 3.51. The van der Waals surface area contributed by atoms with Crippen LogP contribution < -0.4 is 4.74 Å². The number of esters is 1. The molecule has 0 heterocycles. The highest BCUT2D eigenvalue weighted by Crippen LogP contribution is 2.14. The summed E-state index contributed by atoms with van der Waals surface area (Å²) < 4.78 is 10.3. The van der Waals surface area contributed by atoms with Gasteiger partial charge in [-0.2, -0.15) is 0 Å². The van der Waals surface area contributed by atoms with E-state index in [2.05, 4.69) is 0 Å². The van der Waals surface area contributed by atoms with Crippen molar-refractivity contribution in [3.05, 3.63) is 35.9 Å². The zero-order chi connectivity index (χ0) is 12.5. The molecule has 0 spiro atoms. The molecule has 0 N–H and O–H groups in total. The van der Waals surface area contributed by atoms with Gasteiger partial charge in [0, 0.05) is 6.08 Å². The van der Waals surface area contributed by atoms with Crippen molar-refractivity contribution in [1.82, 2.24) is 0 Å². The quantitative estimate of drug-likeness (QED) is 0.560. The normalized spacial score (nSPS) is 10.5. The molecule has 3 nitrogen and oxygen atoms in total. The first-order valence-electron chi connectivity index (χ1n) is 5.84. The number of hydrogen-bond donors (Lipinski definition) is 0. The van der Waals surface area contributed by atoms with Crippen LogP contribution in [-0.4, -0.2) is 19.2 Å². The Hall–Kier alpha value is -1.77. The maximum Gasteiger partial charge on any atom is 0.330 e. The molecule has 0 amide bonds. The molecule has 0 unspecified atom stereocenters. The standard InChI is InChI=1S/C14H18O3/c1-3-10-17-14(15)9-8-12-6-5-7-13(11-12)16-4-2/h5-9,11H,3-4,10H2,1-2H3/b9-8+. The highest BCUT2D eigenvalue weighted by atomic mass is 16.5. The third-order valence-corrected chi connectivity index (χ3v) is 2.03. The van der Waals surface area contributed by atoms with Crippen LogP contribution in [0.5, 0.6) is 5.75 Å². The van der Waals surface area contributed by atoms with Gasteiger partial charge in [0.1, 0.15) is 5.75 Å². The molecular weight excluding hydrogens is 216 g/mol. The predicted molar refractivity (Wildman–Crippen MR) is 67.9 cm³/mol. The van der Waals surface area contributed by atoms with Gasteiger partial charge in [0.2, 0.25) is 0 Å². The van der Waals surface area contributed by atoms with Crippen LogP contribution in [0.25, 0.3) is 6.08 Å². The van der Waals surface area contributed by atoms with Crippen molar-refractivity contribution in [1.29, 1.82) is 0 Å². The smallest absolute Gasteiger partial charge is 0.330 e. The summed E-state index contributed by atoms with van der Waals surface area (Å²) in [7, 11) is 0. The third kappa shape index (κ3) is 5.20. The van der Waals surface area contributed by atoms with Crippen molar-refractivity contribution < 1.29 is 14.3 Å². The van der Waals surface area contributed by atoms with Gasteiger partial charge in [0.25, 0.3) is 0 Å². The Morgan fingerprint density at radius 1 is 1.35 bits per heavy atom. The fraction of sp³-hybridized carbons (Fsp3) is 0.357. The average Bonchev–Trinajstić information content (AvgIpc) is 2.35. The fourth-order valence-electron chi connectivity index (χ4n) is 1.29. The van der Waals surface area contributed by atoms with Gasteiger partial charge in [-0.3, -0.25) is 0 Å². The Balaban J connectivity index is 2.58. The predicted octanol–water partition coefficient (Wildman–Crippen LogP) is 3.05. The molecule has 0 saturated carbocycles. The molecule has 0 radical (unpaired) electrons. The minimum atomic E-state index is -0.311. The summed E-state index contributed by atoms with van der Waals surface area (Å²) in [5.41, 5.74) is 0.921. The van der Waals surface area contributed by atoms with E-state index in [1.165, 1.54) is 6.08 Å². The number of carbonyl (C=O) groups excluding carboxylic acids is 1. The van der Waals surface area contributed by atoms with E-state index in [1.54, 1.807) is 6.08 Å². The molecule has 1 aromatic carbocycles. The van der Waals surface area contributed by atoms with E-state index in [4.69, 9.17) is 9.47 Å². The zero-order valence-corrected chi connectivity index (χ0v) is 10.3.